The molecule has 3 aromatic rings. The third-order valence-corrected chi connectivity index (χ3v) is 6.15. The average Bonchev–Trinajstić information content (AvgIpc) is 2.88. The monoisotopic (exact) mass is 486 g/mol. The highest BCUT2D eigenvalue weighted by molar-refractivity contribution is 6.04. The maximum Gasteiger partial charge on any atom is 0.336 e. The fraction of sp³-hybridized carbons (Fsp3) is 0.207. The van der Waals surface area contributed by atoms with Gasteiger partial charge in [0.05, 0.1) is 18.7 Å². The predicted molar refractivity (Wildman–Crippen MR) is 134 cm³/mol. The van der Waals surface area contributed by atoms with Crippen molar-refractivity contribution in [1.29, 1.82) is 0 Å². The second kappa shape index (κ2) is 11.0. The summed E-state index contributed by atoms with van der Waals surface area (Å²) in [5.74, 6) is -1.68. The summed E-state index contributed by atoms with van der Waals surface area (Å²) in [4.78, 5) is 40.5. The number of nitrogens with one attached hydrogen (secondary N) is 1. The molecule has 0 saturated heterocycles. The summed E-state index contributed by atoms with van der Waals surface area (Å²) in [6.45, 7) is 3.94. The molecule has 0 aromatic heterocycles. The molecule has 3 aromatic carbocycles. The van der Waals surface area contributed by atoms with Gasteiger partial charge in [-0.15, -0.1) is 0 Å². The van der Waals surface area contributed by atoms with Crippen LogP contribution in [-0.4, -0.2) is 29.3 Å². The van der Waals surface area contributed by atoms with E-state index in [1.165, 1.54) is 24.3 Å². The van der Waals surface area contributed by atoms with Gasteiger partial charge >= 0.3 is 5.97 Å². The third kappa shape index (κ3) is 5.51. The van der Waals surface area contributed by atoms with Crippen LogP contribution in [0.1, 0.15) is 47.7 Å². The van der Waals surface area contributed by atoms with Crippen LogP contribution in [0, 0.1) is 5.82 Å². The van der Waals surface area contributed by atoms with E-state index in [1.807, 2.05) is 36.4 Å². The zero-order valence-corrected chi connectivity index (χ0v) is 20.2. The van der Waals surface area contributed by atoms with E-state index in [4.69, 9.17) is 4.74 Å². The Morgan fingerprint density at radius 1 is 1.03 bits per heavy atom. The summed E-state index contributed by atoms with van der Waals surface area (Å²) in [7, 11) is 0. The van der Waals surface area contributed by atoms with Crippen molar-refractivity contribution >= 4 is 23.5 Å². The molecule has 1 aliphatic heterocycles. The lowest BCUT2D eigenvalue weighted by atomic mass is 9.83. The van der Waals surface area contributed by atoms with Gasteiger partial charge in [0.25, 0.3) is 5.91 Å². The molecular formula is C29H27FN2O4. The molecule has 0 spiro atoms. The summed E-state index contributed by atoms with van der Waals surface area (Å²) in [5, 5.41) is 2.74. The van der Waals surface area contributed by atoms with E-state index in [-0.39, 0.29) is 43.1 Å². The zero-order valence-electron chi connectivity index (χ0n) is 20.2. The normalized spacial score (nSPS) is 15.6. The van der Waals surface area contributed by atoms with Crippen LogP contribution in [0.5, 0.6) is 0 Å². The molecule has 7 heteroatoms. The molecule has 0 saturated carbocycles. The number of carbonyl (C=O) groups excluding carboxylic acids is 3. The Morgan fingerprint density at radius 3 is 2.44 bits per heavy atom. The van der Waals surface area contributed by atoms with E-state index in [9.17, 15) is 18.8 Å². The Bertz CT molecular complexity index is 1300. The molecule has 36 heavy (non-hydrogen) atoms. The molecule has 1 aliphatic rings. The summed E-state index contributed by atoms with van der Waals surface area (Å²) in [6, 6.07) is 21.9. The quantitative estimate of drug-likeness (QED) is 0.452. The second-order valence-electron chi connectivity index (χ2n) is 8.53. The highest BCUT2D eigenvalue weighted by Crippen LogP contribution is 2.37. The van der Waals surface area contributed by atoms with E-state index in [0.717, 1.165) is 11.1 Å². The van der Waals surface area contributed by atoms with Gasteiger partial charge in [-0.3, -0.25) is 9.59 Å². The molecule has 1 heterocycles. The minimum absolute atomic E-state index is 0.115. The van der Waals surface area contributed by atoms with Crippen molar-refractivity contribution in [2.24, 2.45) is 0 Å². The number of ether oxygens (including phenoxy) is 1. The molecule has 1 unspecified atom stereocenters. The number of rotatable bonds is 7. The van der Waals surface area contributed by atoms with Crippen molar-refractivity contribution in [3.05, 3.63) is 113 Å². The summed E-state index contributed by atoms with van der Waals surface area (Å²) in [5.41, 5.74) is 3.49. The van der Waals surface area contributed by atoms with Gasteiger partial charge in [0.1, 0.15) is 5.82 Å². The van der Waals surface area contributed by atoms with Crippen molar-refractivity contribution in [2.75, 3.05) is 11.9 Å². The molecule has 4 rings (SSSR count). The first-order valence-corrected chi connectivity index (χ1v) is 11.8. The van der Waals surface area contributed by atoms with Gasteiger partial charge in [-0.1, -0.05) is 42.5 Å². The van der Waals surface area contributed by atoms with Crippen molar-refractivity contribution in [2.45, 2.75) is 32.7 Å². The first kappa shape index (κ1) is 24.9. The lowest BCUT2D eigenvalue weighted by Gasteiger charge is -2.34. The largest absolute Gasteiger partial charge is 0.463 e. The molecule has 1 atom stereocenters. The number of hydrogen-bond donors (Lipinski definition) is 1. The van der Waals surface area contributed by atoms with E-state index in [1.54, 1.807) is 36.9 Å². The third-order valence-electron chi connectivity index (χ3n) is 6.15. The number of halogens is 1. The maximum absolute atomic E-state index is 13.2. The first-order valence-electron chi connectivity index (χ1n) is 11.8. The fourth-order valence-electron chi connectivity index (χ4n) is 4.38. The van der Waals surface area contributed by atoms with E-state index in [2.05, 4.69) is 5.32 Å². The molecule has 1 N–H and O–H groups in total. The summed E-state index contributed by atoms with van der Waals surface area (Å²) >= 11 is 0. The van der Waals surface area contributed by atoms with Gasteiger partial charge in [-0.2, -0.15) is 0 Å². The number of amides is 2. The van der Waals surface area contributed by atoms with Crippen LogP contribution in [0.25, 0.3) is 0 Å². The maximum atomic E-state index is 13.2. The molecule has 184 valence electrons. The predicted octanol–water partition coefficient (Wildman–Crippen LogP) is 5.43. The zero-order chi connectivity index (χ0) is 25.7. The Kier molecular flexibility index (Phi) is 7.59. The number of nitrogens with zero attached hydrogens (tertiary/aromatic N) is 1. The Balaban J connectivity index is 1.60. The first-order chi connectivity index (χ1) is 17.4. The number of hydrogen-bond acceptors (Lipinski definition) is 4. The summed E-state index contributed by atoms with van der Waals surface area (Å²) < 4.78 is 18.5. The molecule has 0 aliphatic carbocycles. The molecule has 0 fully saturated rings. The van der Waals surface area contributed by atoms with Crippen LogP contribution >= 0.6 is 0 Å². The van der Waals surface area contributed by atoms with Gasteiger partial charge in [0.15, 0.2) is 0 Å². The minimum atomic E-state index is -0.436. The van der Waals surface area contributed by atoms with Crippen LogP contribution in [-0.2, 0) is 20.9 Å². The van der Waals surface area contributed by atoms with Gasteiger partial charge in [-0.25, -0.2) is 9.18 Å². The van der Waals surface area contributed by atoms with Crippen LogP contribution in [0.3, 0.4) is 0 Å². The molecule has 0 bridgehead atoms. The Labute approximate surface area is 209 Å². The van der Waals surface area contributed by atoms with Gasteiger partial charge in [0.2, 0.25) is 5.91 Å². The minimum Gasteiger partial charge on any atom is -0.463 e. The molecule has 6 nitrogen and oxygen atoms in total. The molecule has 2 amide bonds. The van der Waals surface area contributed by atoms with Crippen molar-refractivity contribution in [1.82, 2.24) is 4.90 Å². The SMILES string of the molecule is CCOC(=O)C1=C(C)N(Cc2cccc(C(=O)Nc3ccc(F)cc3)c2)C(=O)CC1c1ccccc1. The number of anilines is 1. The highest BCUT2D eigenvalue weighted by Gasteiger charge is 2.36. The van der Waals surface area contributed by atoms with Crippen LogP contribution < -0.4 is 5.32 Å². The lowest BCUT2D eigenvalue weighted by Crippen LogP contribution is -2.38. The number of allylic oxidation sites excluding steroid dienone is 1. The van der Waals surface area contributed by atoms with Gasteiger partial charge in [0, 0.05) is 29.3 Å². The average molecular weight is 487 g/mol. The smallest absolute Gasteiger partial charge is 0.336 e. The second-order valence-corrected chi connectivity index (χ2v) is 8.53. The standard InChI is InChI=1S/C29H27FN2O4/c1-3-36-29(35)27-19(2)32(26(33)17-25(27)21-9-5-4-6-10-21)18-20-8-7-11-22(16-20)28(34)31-24-14-12-23(30)13-15-24/h4-16,25H,3,17-18H2,1-2H3,(H,31,34). The van der Waals surface area contributed by atoms with Crippen molar-refractivity contribution in [3.8, 4) is 0 Å². The van der Waals surface area contributed by atoms with Gasteiger partial charge < -0.3 is 15.0 Å². The lowest BCUT2D eigenvalue weighted by molar-refractivity contribution is -0.140. The summed E-state index contributed by atoms with van der Waals surface area (Å²) in [6.07, 6.45) is 0.139. The molecule has 0 radical (unpaired) electrons. The van der Waals surface area contributed by atoms with E-state index >= 15 is 0 Å². The Hall–Kier alpha value is -4.26. The topological polar surface area (TPSA) is 75.7 Å². The van der Waals surface area contributed by atoms with Crippen LogP contribution in [0.15, 0.2) is 90.1 Å². The van der Waals surface area contributed by atoms with Gasteiger partial charge in [-0.05, 0) is 61.4 Å². The highest BCUT2D eigenvalue weighted by atomic mass is 19.1. The van der Waals surface area contributed by atoms with Crippen molar-refractivity contribution in [3.63, 3.8) is 0 Å². The van der Waals surface area contributed by atoms with E-state index in [0.29, 0.717) is 22.5 Å². The number of benzene rings is 3. The fourth-order valence-corrected chi connectivity index (χ4v) is 4.38. The number of esters is 1. The number of carbonyl (C=O) groups is 3. The van der Waals surface area contributed by atoms with E-state index < -0.39 is 5.97 Å². The Morgan fingerprint density at radius 2 is 1.75 bits per heavy atom. The van der Waals surface area contributed by atoms with Crippen LogP contribution in [0.4, 0.5) is 10.1 Å². The molecular weight excluding hydrogens is 459 g/mol. The van der Waals surface area contributed by atoms with Crippen LogP contribution in [0.2, 0.25) is 0 Å². The van der Waals surface area contributed by atoms with Crippen molar-refractivity contribution < 1.29 is 23.5 Å².